The number of morpholine rings is 1. The van der Waals surface area contributed by atoms with Crippen LogP contribution in [0.4, 0.5) is 11.4 Å². The first-order valence-corrected chi connectivity index (χ1v) is 6.95. The Morgan fingerprint density at radius 3 is 2.70 bits per heavy atom. The molecule has 0 bridgehead atoms. The van der Waals surface area contributed by atoms with Crippen LogP contribution in [0, 0.1) is 6.92 Å². The van der Waals surface area contributed by atoms with E-state index in [2.05, 4.69) is 29.3 Å². The summed E-state index contributed by atoms with van der Waals surface area (Å²) in [7, 11) is 4.04. The zero-order valence-corrected chi connectivity index (χ0v) is 12.5. The summed E-state index contributed by atoms with van der Waals surface area (Å²) < 4.78 is 5.25. The van der Waals surface area contributed by atoms with Gasteiger partial charge < -0.3 is 19.9 Å². The number of hydrogen-bond acceptors (Lipinski definition) is 4. The third-order valence-electron chi connectivity index (χ3n) is 3.50. The maximum atomic E-state index is 12.1. The van der Waals surface area contributed by atoms with E-state index in [1.807, 2.05) is 25.1 Å². The monoisotopic (exact) mass is 277 g/mol. The van der Waals surface area contributed by atoms with Crippen molar-refractivity contribution >= 4 is 17.3 Å². The highest BCUT2D eigenvalue weighted by molar-refractivity contribution is 5.81. The third kappa shape index (κ3) is 3.63. The molecule has 0 atom stereocenters. The second kappa shape index (κ2) is 6.61. The van der Waals surface area contributed by atoms with E-state index in [1.54, 1.807) is 0 Å². The number of anilines is 2. The number of carbonyl (C=O) groups excluding carboxylic acids is 1. The van der Waals surface area contributed by atoms with Crippen LogP contribution in [0.3, 0.4) is 0 Å². The smallest absolute Gasteiger partial charge is 0.242 e. The van der Waals surface area contributed by atoms with Crippen LogP contribution in [0.25, 0.3) is 0 Å². The van der Waals surface area contributed by atoms with Crippen LogP contribution >= 0.6 is 0 Å². The second-order valence-corrected chi connectivity index (χ2v) is 5.24. The third-order valence-corrected chi connectivity index (χ3v) is 3.50. The Labute approximate surface area is 120 Å². The number of aryl methyl sites for hydroxylation is 1. The normalized spacial score (nSPS) is 15.1. The molecule has 5 nitrogen and oxygen atoms in total. The molecule has 1 N–H and O–H groups in total. The molecule has 1 aliphatic rings. The van der Waals surface area contributed by atoms with Gasteiger partial charge in [-0.3, -0.25) is 4.79 Å². The molecular formula is C15H23N3O2. The van der Waals surface area contributed by atoms with E-state index < -0.39 is 0 Å². The van der Waals surface area contributed by atoms with Gasteiger partial charge in [0.15, 0.2) is 0 Å². The van der Waals surface area contributed by atoms with E-state index in [9.17, 15) is 4.79 Å². The number of hydrogen-bond donors (Lipinski definition) is 1. The molecule has 1 aliphatic heterocycles. The zero-order chi connectivity index (χ0) is 14.5. The minimum absolute atomic E-state index is 0.125. The van der Waals surface area contributed by atoms with Crippen molar-refractivity contribution in [2.45, 2.75) is 6.92 Å². The highest BCUT2D eigenvalue weighted by Crippen LogP contribution is 2.22. The lowest BCUT2D eigenvalue weighted by molar-refractivity contribution is -0.133. The topological polar surface area (TPSA) is 44.8 Å². The molecule has 0 unspecified atom stereocenters. The molecule has 5 heteroatoms. The van der Waals surface area contributed by atoms with Crippen molar-refractivity contribution in [2.75, 3.05) is 57.2 Å². The molecule has 0 spiro atoms. The van der Waals surface area contributed by atoms with Gasteiger partial charge in [-0.1, -0.05) is 6.07 Å². The van der Waals surface area contributed by atoms with Gasteiger partial charge in [-0.15, -0.1) is 0 Å². The molecule has 0 saturated carbocycles. The van der Waals surface area contributed by atoms with Crippen LogP contribution < -0.4 is 10.2 Å². The van der Waals surface area contributed by atoms with Gasteiger partial charge >= 0.3 is 0 Å². The van der Waals surface area contributed by atoms with Gasteiger partial charge in [0.2, 0.25) is 5.91 Å². The molecule has 1 heterocycles. The summed E-state index contributed by atoms with van der Waals surface area (Å²) in [5.74, 6) is 0.125. The van der Waals surface area contributed by atoms with Crippen molar-refractivity contribution in [3.63, 3.8) is 0 Å². The van der Waals surface area contributed by atoms with Crippen LogP contribution in [0.5, 0.6) is 0 Å². The van der Waals surface area contributed by atoms with E-state index in [1.165, 1.54) is 5.56 Å². The Bertz CT molecular complexity index is 468. The van der Waals surface area contributed by atoms with Gasteiger partial charge in [0.1, 0.15) is 0 Å². The van der Waals surface area contributed by atoms with Crippen molar-refractivity contribution in [1.82, 2.24) is 4.90 Å². The highest BCUT2D eigenvalue weighted by Gasteiger charge is 2.16. The van der Waals surface area contributed by atoms with Crippen molar-refractivity contribution in [3.05, 3.63) is 23.8 Å². The van der Waals surface area contributed by atoms with Gasteiger partial charge in [0.05, 0.1) is 19.8 Å². The average molecular weight is 277 g/mol. The second-order valence-electron chi connectivity index (χ2n) is 5.24. The molecule has 1 fully saturated rings. The standard InChI is InChI=1S/C15H23N3O2/c1-12-4-5-13(10-14(12)17(2)3)16-11-15(19)18-6-8-20-9-7-18/h4-5,10,16H,6-9,11H2,1-3H3. The average Bonchev–Trinajstić information content (AvgIpc) is 2.46. The quantitative estimate of drug-likeness (QED) is 0.902. The first-order valence-electron chi connectivity index (χ1n) is 6.95. The Kier molecular flexibility index (Phi) is 4.84. The predicted molar refractivity (Wildman–Crippen MR) is 81.4 cm³/mol. The first kappa shape index (κ1) is 14.7. The number of rotatable bonds is 4. The molecule has 1 aromatic carbocycles. The number of amides is 1. The van der Waals surface area contributed by atoms with E-state index >= 15 is 0 Å². The largest absolute Gasteiger partial charge is 0.378 e. The maximum absolute atomic E-state index is 12.1. The lowest BCUT2D eigenvalue weighted by atomic mass is 10.1. The Morgan fingerprint density at radius 2 is 2.05 bits per heavy atom. The summed E-state index contributed by atoms with van der Waals surface area (Å²) in [6, 6.07) is 6.15. The molecule has 0 aromatic heterocycles. The molecule has 2 rings (SSSR count). The van der Waals surface area contributed by atoms with E-state index in [-0.39, 0.29) is 5.91 Å². The lowest BCUT2D eigenvalue weighted by Crippen LogP contribution is -2.43. The fraction of sp³-hybridized carbons (Fsp3) is 0.533. The first-order chi connectivity index (χ1) is 9.58. The molecule has 1 saturated heterocycles. The van der Waals surface area contributed by atoms with Crippen molar-refractivity contribution in [1.29, 1.82) is 0 Å². The Balaban J connectivity index is 1.93. The van der Waals surface area contributed by atoms with Crippen LogP contribution in [0.15, 0.2) is 18.2 Å². The van der Waals surface area contributed by atoms with Crippen molar-refractivity contribution < 1.29 is 9.53 Å². The molecule has 0 aliphatic carbocycles. The van der Waals surface area contributed by atoms with Crippen LogP contribution in [0.1, 0.15) is 5.56 Å². The minimum Gasteiger partial charge on any atom is -0.378 e. The molecule has 0 radical (unpaired) electrons. The number of benzene rings is 1. The van der Waals surface area contributed by atoms with Gasteiger partial charge in [-0.05, 0) is 24.6 Å². The summed E-state index contributed by atoms with van der Waals surface area (Å²) in [5, 5.41) is 3.21. The summed E-state index contributed by atoms with van der Waals surface area (Å²) in [6.07, 6.45) is 0. The van der Waals surface area contributed by atoms with Crippen LogP contribution in [-0.4, -0.2) is 57.8 Å². The van der Waals surface area contributed by atoms with Crippen molar-refractivity contribution in [2.24, 2.45) is 0 Å². The van der Waals surface area contributed by atoms with Crippen LogP contribution in [0.2, 0.25) is 0 Å². The lowest BCUT2D eigenvalue weighted by Gasteiger charge is -2.27. The predicted octanol–water partition coefficient (Wildman–Crippen LogP) is 1.33. The van der Waals surface area contributed by atoms with E-state index in [0.717, 1.165) is 11.4 Å². The SMILES string of the molecule is Cc1ccc(NCC(=O)N2CCOCC2)cc1N(C)C. The van der Waals surface area contributed by atoms with E-state index in [4.69, 9.17) is 4.74 Å². The summed E-state index contributed by atoms with van der Waals surface area (Å²) in [6.45, 7) is 5.07. The van der Waals surface area contributed by atoms with Crippen molar-refractivity contribution in [3.8, 4) is 0 Å². The van der Waals surface area contributed by atoms with Gasteiger partial charge in [-0.25, -0.2) is 0 Å². The zero-order valence-electron chi connectivity index (χ0n) is 12.5. The molecular weight excluding hydrogens is 254 g/mol. The summed E-state index contributed by atoms with van der Waals surface area (Å²) in [5.41, 5.74) is 3.36. The summed E-state index contributed by atoms with van der Waals surface area (Å²) in [4.78, 5) is 16.0. The minimum atomic E-state index is 0.125. The number of nitrogens with one attached hydrogen (secondary N) is 1. The Hall–Kier alpha value is -1.75. The highest BCUT2D eigenvalue weighted by atomic mass is 16.5. The Morgan fingerprint density at radius 1 is 1.35 bits per heavy atom. The molecule has 1 aromatic rings. The van der Waals surface area contributed by atoms with E-state index in [0.29, 0.717) is 32.8 Å². The number of carbonyl (C=O) groups is 1. The number of nitrogens with zero attached hydrogens (tertiary/aromatic N) is 2. The maximum Gasteiger partial charge on any atom is 0.242 e. The molecule has 110 valence electrons. The number of ether oxygens (including phenoxy) is 1. The molecule has 20 heavy (non-hydrogen) atoms. The van der Waals surface area contributed by atoms with Gasteiger partial charge in [-0.2, -0.15) is 0 Å². The summed E-state index contributed by atoms with van der Waals surface area (Å²) >= 11 is 0. The van der Waals surface area contributed by atoms with Crippen LogP contribution in [-0.2, 0) is 9.53 Å². The van der Waals surface area contributed by atoms with Gasteiger partial charge in [0.25, 0.3) is 0 Å². The fourth-order valence-corrected chi connectivity index (χ4v) is 2.30. The molecule has 1 amide bonds. The fourth-order valence-electron chi connectivity index (χ4n) is 2.30. The van der Waals surface area contributed by atoms with Gasteiger partial charge in [0, 0.05) is 38.6 Å².